The van der Waals surface area contributed by atoms with Crippen LogP contribution in [0, 0.1) is 16.4 Å². The third-order valence-electron chi connectivity index (χ3n) is 3.05. The van der Waals surface area contributed by atoms with E-state index in [4.69, 9.17) is 12.2 Å². The van der Waals surface area contributed by atoms with Crippen LogP contribution in [0.2, 0.25) is 0 Å². The molecule has 1 heterocycles. The third-order valence-corrected chi connectivity index (χ3v) is 4.06. The first-order chi connectivity index (χ1) is 9.61. The SMILES string of the molecule is CSc1cccc(-n2c(=S)[nH]c3ccc(F)c(F)c32)c1. The molecule has 0 aliphatic heterocycles. The van der Waals surface area contributed by atoms with Gasteiger partial charge in [-0.1, -0.05) is 6.07 Å². The van der Waals surface area contributed by atoms with Gasteiger partial charge >= 0.3 is 0 Å². The molecule has 0 bridgehead atoms. The van der Waals surface area contributed by atoms with Gasteiger partial charge < -0.3 is 4.98 Å². The van der Waals surface area contributed by atoms with E-state index in [1.807, 2.05) is 30.5 Å². The Morgan fingerprint density at radius 1 is 1.20 bits per heavy atom. The molecule has 0 saturated carbocycles. The second kappa shape index (κ2) is 5.03. The molecule has 0 fully saturated rings. The summed E-state index contributed by atoms with van der Waals surface area (Å²) >= 11 is 6.80. The van der Waals surface area contributed by atoms with E-state index in [-0.39, 0.29) is 5.52 Å². The van der Waals surface area contributed by atoms with Gasteiger partial charge in [0.2, 0.25) is 0 Å². The van der Waals surface area contributed by atoms with Crippen molar-refractivity contribution in [2.24, 2.45) is 0 Å². The fourth-order valence-electron chi connectivity index (χ4n) is 2.13. The van der Waals surface area contributed by atoms with Gasteiger partial charge in [-0.2, -0.15) is 0 Å². The Labute approximate surface area is 123 Å². The van der Waals surface area contributed by atoms with Gasteiger partial charge in [-0.15, -0.1) is 11.8 Å². The van der Waals surface area contributed by atoms with Crippen LogP contribution in [-0.4, -0.2) is 15.8 Å². The maximum absolute atomic E-state index is 14.1. The predicted octanol–water partition coefficient (Wildman–Crippen LogP) is 4.69. The average molecular weight is 308 g/mol. The molecule has 0 spiro atoms. The Morgan fingerprint density at radius 3 is 2.75 bits per heavy atom. The highest BCUT2D eigenvalue weighted by molar-refractivity contribution is 7.98. The van der Waals surface area contributed by atoms with E-state index in [2.05, 4.69) is 4.98 Å². The first-order valence-corrected chi connectivity index (χ1v) is 7.48. The predicted molar refractivity (Wildman–Crippen MR) is 80.2 cm³/mol. The molecular weight excluding hydrogens is 298 g/mol. The van der Waals surface area contributed by atoms with Crippen molar-refractivity contribution in [2.75, 3.05) is 6.26 Å². The Morgan fingerprint density at radius 2 is 2.00 bits per heavy atom. The summed E-state index contributed by atoms with van der Waals surface area (Å²) in [6, 6.07) is 10.1. The molecule has 20 heavy (non-hydrogen) atoms. The summed E-state index contributed by atoms with van der Waals surface area (Å²) < 4.78 is 29.4. The number of aromatic nitrogens is 2. The topological polar surface area (TPSA) is 20.7 Å². The van der Waals surface area contributed by atoms with E-state index < -0.39 is 11.6 Å². The standard InChI is InChI=1S/C14H10F2N2S2/c1-20-9-4-2-3-8(7-9)18-13-11(17-14(18)19)6-5-10(15)12(13)16/h2-7H,1H3,(H,17,19). The molecule has 3 aromatic rings. The minimum Gasteiger partial charge on any atom is -0.330 e. The van der Waals surface area contributed by atoms with E-state index in [1.165, 1.54) is 10.6 Å². The highest BCUT2D eigenvalue weighted by Gasteiger charge is 2.14. The van der Waals surface area contributed by atoms with Crippen LogP contribution in [0.15, 0.2) is 41.3 Å². The third kappa shape index (κ3) is 2.05. The highest BCUT2D eigenvalue weighted by Crippen LogP contribution is 2.26. The van der Waals surface area contributed by atoms with E-state index >= 15 is 0 Å². The molecule has 0 aliphatic rings. The summed E-state index contributed by atoms with van der Waals surface area (Å²) in [5, 5.41) is 0. The molecule has 3 rings (SSSR count). The van der Waals surface area contributed by atoms with Gasteiger partial charge in [-0.25, -0.2) is 8.78 Å². The molecule has 2 nitrogen and oxygen atoms in total. The van der Waals surface area contributed by atoms with Gasteiger partial charge in [0.1, 0.15) is 5.52 Å². The fourth-order valence-corrected chi connectivity index (χ4v) is 2.89. The van der Waals surface area contributed by atoms with Crippen molar-refractivity contribution in [3.8, 4) is 5.69 Å². The number of hydrogen-bond acceptors (Lipinski definition) is 2. The van der Waals surface area contributed by atoms with Crippen molar-refractivity contribution in [3.05, 3.63) is 52.8 Å². The Bertz CT molecular complexity index is 852. The molecule has 2 aromatic carbocycles. The zero-order valence-electron chi connectivity index (χ0n) is 10.5. The van der Waals surface area contributed by atoms with Gasteiger partial charge in [-0.3, -0.25) is 4.57 Å². The Balaban J connectivity index is 2.38. The number of hydrogen-bond donors (Lipinski definition) is 1. The molecule has 0 unspecified atom stereocenters. The Kier molecular flexibility index (Phi) is 3.35. The van der Waals surface area contributed by atoms with Crippen LogP contribution in [0.4, 0.5) is 8.78 Å². The van der Waals surface area contributed by atoms with E-state index in [0.717, 1.165) is 11.0 Å². The van der Waals surface area contributed by atoms with Crippen LogP contribution >= 0.6 is 24.0 Å². The van der Waals surface area contributed by atoms with Crippen LogP contribution in [0.25, 0.3) is 16.7 Å². The van der Waals surface area contributed by atoms with Crippen LogP contribution in [0.5, 0.6) is 0 Å². The monoisotopic (exact) mass is 308 g/mol. The zero-order valence-corrected chi connectivity index (χ0v) is 12.1. The number of H-pyrrole nitrogens is 1. The highest BCUT2D eigenvalue weighted by atomic mass is 32.2. The van der Waals surface area contributed by atoms with Crippen LogP contribution in [0.1, 0.15) is 0 Å². The molecule has 0 saturated heterocycles. The number of thioether (sulfide) groups is 1. The van der Waals surface area contributed by atoms with Gasteiger partial charge in [-0.05, 0) is 48.8 Å². The van der Waals surface area contributed by atoms with E-state index in [9.17, 15) is 8.78 Å². The van der Waals surface area contributed by atoms with E-state index in [0.29, 0.717) is 16.0 Å². The zero-order chi connectivity index (χ0) is 14.3. The largest absolute Gasteiger partial charge is 0.330 e. The van der Waals surface area contributed by atoms with Crippen LogP contribution in [-0.2, 0) is 0 Å². The number of fused-ring (bicyclic) bond motifs is 1. The second-order valence-electron chi connectivity index (χ2n) is 4.22. The molecule has 0 aliphatic carbocycles. The minimum absolute atomic E-state index is 0.133. The van der Waals surface area contributed by atoms with Crippen molar-refractivity contribution in [3.63, 3.8) is 0 Å². The summed E-state index contributed by atoms with van der Waals surface area (Å²) in [6.07, 6.45) is 1.95. The first-order valence-electron chi connectivity index (χ1n) is 5.85. The van der Waals surface area contributed by atoms with Crippen molar-refractivity contribution >= 4 is 35.0 Å². The molecule has 0 atom stereocenters. The van der Waals surface area contributed by atoms with Crippen molar-refractivity contribution in [1.82, 2.24) is 9.55 Å². The molecule has 1 aromatic heterocycles. The van der Waals surface area contributed by atoms with E-state index in [1.54, 1.807) is 11.8 Å². The van der Waals surface area contributed by atoms with Gasteiger partial charge in [0, 0.05) is 10.6 Å². The number of nitrogens with zero attached hydrogens (tertiary/aromatic N) is 1. The number of halogens is 2. The second-order valence-corrected chi connectivity index (χ2v) is 5.49. The van der Waals surface area contributed by atoms with Crippen LogP contribution < -0.4 is 0 Å². The lowest BCUT2D eigenvalue weighted by Gasteiger charge is -2.07. The van der Waals surface area contributed by atoms with Gasteiger partial charge in [0.25, 0.3) is 0 Å². The smallest absolute Gasteiger partial charge is 0.184 e. The minimum atomic E-state index is -0.899. The summed E-state index contributed by atoms with van der Waals surface area (Å²) in [7, 11) is 0. The number of rotatable bonds is 2. The molecule has 1 N–H and O–H groups in total. The van der Waals surface area contributed by atoms with Gasteiger partial charge in [0.15, 0.2) is 16.4 Å². The van der Waals surface area contributed by atoms with Crippen molar-refractivity contribution < 1.29 is 8.78 Å². The lowest BCUT2D eigenvalue weighted by molar-refractivity contribution is 0.514. The van der Waals surface area contributed by atoms with Gasteiger partial charge in [0.05, 0.1) is 5.52 Å². The van der Waals surface area contributed by atoms with Crippen LogP contribution in [0.3, 0.4) is 0 Å². The average Bonchev–Trinajstić information content (AvgIpc) is 2.80. The molecule has 0 amide bonds. The first kappa shape index (κ1) is 13.3. The fraction of sp³-hybridized carbons (Fsp3) is 0.0714. The van der Waals surface area contributed by atoms with Crippen molar-refractivity contribution in [2.45, 2.75) is 4.90 Å². The lowest BCUT2D eigenvalue weighted by atomic mass is 10.2. The maximum Gasteiger partial charge on any atom is 0.184 e. The lowest BCUT2D eigenvalue weighted by Crippen LogP contribution is -1.97. The number of aromatic amines is 1. The Hall–Kier alpha value is -1.66. The molecule has 6 heteroatoms. The summed E-state index contributed by atoms with van der Waals surface area (Å²) in [6.45, 7) is 0. The summed E-state index contributed by atoms with van der Waals surface area (Å²) in [4.78, 5) is 3.92. The summed E-state index contributed by atoms with van der Waals surface area (Å²) in [5.74, 6) is -1.79. The number of benzene rings is 2. The molecule has 102 valence electrons. The molecule has 0 radical (unpaired) electrons. The number of nitrogens with one attached hydrogen (secondary N) is 1. The number of imidazole rings is 1. The molecular formula is C14H10F2N2S2. The van der Waals surface area contributed by atoms with Crippen molar-refractivity contribution in [1.29, 1.82) is 0 Å². The normalized spacial score (nSPS) is 11.2. The quantitative estimate of drug-likeness (QED) is 0.548. The summed E-state index contributed by atoms with van der Waals surface area (Å²) in [5.41, 5.74) is 1.31. The maximum atomic E-state index is 14.1.